The summed E-state index contributed by atoms with van der Waals surface area (Å²) in [5, 5.41) is 3.41. The van der Waals surface area contributed by atoms with Gasteiger partial charge in [-0.1, -0.05) is 13.3 Å². The van der Waals surface area contributed by atoms with Crippen LogP contribution in [-0.2, 0) is 6.42 Å². The molecule has 0 aliphatic heterocycles. The average Bonchev–Trinajstić information content (AvgIpc) is 2.87. The molecule has 0 unspecified atom stereocenters. The van der Waals surface area contributed by atoms with Gasteiger partial charge in [0, 0.05) is 10.9 Å². The van der Waals surface area contributed by atoms with E-state index in [1.54, 1.807) is 11.3 Å². The monoisotopic (exact) mass is 345 g/mol. The van der Waals surface area contributed by atoms with Crippen molar-refractivity contribution in [1.82, 2.24) is 5.32 Å². The molecule has 1 atom stereocenters. The SMILES string of the molecule is CCCc1cc(C(=O)N[C@H](C)C23CC4CC(CC(C4)C2)C3)sc1C. The highest BCUT2D eigenvalue weighted by Gasteiger charge is 2.53. The Kier molecular flexibility index (Phi) is 4.27. The van der Waals surface area contributed by atoms with E-state index in [2.05, 4.69) is 32.2 Å². The molecular weight excluding hydrogens is 314 g/mol. The van der Waals surface area contributed by atoms with Crippen LogP contribution in [-0.4, -0.2) is 11.9 Å². The number of thiophene rings is 1. The molecule has 4 aliphatic rings. The lowest BCUT2D eigenvalue weighted by Crippen LogP contribution is -2.55. The molecule has 1 aromatic rings. The lowest BCUT2D eigenvalue weighted by atomic mass is 9.48. The standard InChI is InChI=1S/C21H31NOS/c1-4-5-18-9-19(24-13(18)2)20(23)22-14(3)21-10-15-6-16(11-21)8-17(7-15)12-21/h9,14-17H,4-8,10-12H2,1-3H3,(H,22,23)/t14-,15?,16?,17?,21?/m1/s1. The maximum Gasteiger partial charge on any atom is 0.261 e. The molecular formula is C21H31NOS. The number of carbonyl (C=O) groups is 1. The molecule has 132 valence electrons. The van der Waals surface area contributed by atoms with Crippen LogP contribution in [0.1, 0.15) is 78.9 Å². The summed E-state index contributed by atoms with van der Waals surface area (Å²) in [7, 11) is 0. The van der Waals surface area contributed by atoms with E-state index >= 15 is 0 Å². The molecule has 0 radical (unpaired) electrons. The quantitative estimate of drug-likeness (QED) is 0.766. The van der Waals surface area contributed by atoms with Gasteiger partial charge < -0.3 is 5.32 Å². The van der Waals surface area contributed by atoms with Crippen molar-refractivity contribution in [3.05, 3.63) is 21.4 Å². The lowest BCUT2D eigenvalue weighted by Gasteiger charge is -2.59. The summed E-state index contributed by atoms with van der Waals surface area (Å²) in [4.78, 5) is 15.0. The Hall–Kier alpha value is -0.830. The van der Waals surface area contributed by atoms with Gasteiger partial charge in [-0.3, -0.25) is 4.79 Å². The van der Waals surface area contributed by atoms with Crippen LogP contribution in [0.15, 0.2) is 6.07 Å². The summed E-state index contributed by atoms with van der Waals surface area (Å²) >= 11 is 1.67. The number of rotatable bonds is 5. The van der Waals surface area contributed by atoms with Crippen LogP contribution in [0.25, 0.3) is 0 Å². The summed E-state index contributed by atoms with van der Waals surface area (Å²) in [6.45, 7) is 6.62. The normalized spacial score (nSPS) is 35.2. The van der Waals surface area contributed by atoms with Crippen molar-refractivity contribution in [3.8, 4) is 0 Å². The molecule has 5 rings (SSSR count). The van der Waals surface area contributed by atoms with E-state index in [1.807, 2.05) is 0 Å². The zero-order valence-corrected chi connectivity index (χ0v) is 16.2. The fourth-order valence-corrected chi connectivity index (χ4v) is 7.25. The fourth-order valence-electron chi connectivity index (χ4n) is 6.28. The van der Waals surface area contributed by atoms with E-state index in [-0.39, 0.29) is 5.91 Å². The Morgan fingerprint density at radius 2 is 1.83 bits per heavy atom. The van der Waals surface area contributed by atoms with Gasteiger partial charge in [-0.25, -0.2) is 0 Å². The molecule has 2 nitrogen and oxygen atoms in total. The minimum atomic E-state index is 0.161. The molecule has 0 saturated heterocycles. The van der Waals surface area contributed by atoms with E-state index < -0.39 is 0 Å². The first-order valence-electron chi connectivity index (χ1n) is 9.89. The van der Waals surface area contributed by atoms with Gasteiger partial charge in [-0.2, -0.15) is 0 Å². The second kappa shape index (κ2) is 6.16. The Morgan fingerprint density at radius 1 is 1.25 bits per heavy atom. The van der Waals surface area contributed by atoms with Gasteiger partial charge in [0.1, 0.15) is 0 Å². The molecule has 4 aliphatic carbocycles. The molecule has 24 heavy (non-hydrogen) atoms. The third-order valence-corrected chi connectivity index (χ3v) is 8.21. The first-order chi connectivity index (χ1) is 11.5. The molecule has 1 amide bonds. The lowest BCUT2D eigenvalue weighted by molar-refractivity contribution is -0.0687. The van der Waals surface area contributed by atoms with Crippen LogP contribution in [0.2, 0.25) is 0 Å². The molecule has 0 aromatic carbocycles. The average molecular weight is 346 g/mol. The van der Waals surface area contributed by atoms with Gasteiger partial charge in [0.15, 0.2) is 0 Å². The van der Waals surface area contributed by atoms with Gasteiger partial charge >= 0.3 is 0 Å². The van der Waals surface area contributed by atoms with Gasteiger partial charge in [0.05, 0.1) is 4.88 Å². The predicted molar refractivity (Wildman–Crippen MR) is 101 cm³/mol. The molecule has 1 aromatic heterocycles. The van der Waals surface area contributed by atoms with Crippen molar-refractivity contribution in [1.29, 1.82) is 0 Å². The van der Waals surface area contributed by atoms with Crippen LogP contribution in [0.4, 0.5) is 0 Å². The molecule has 0 spiro atoms. The van der Waals surface area contributed by atoms with Crippen LogP contribution in [0.5, 0.6) is 0 Å². The number of hydrogen-bond acceptors (Lipinski definition) is 2. The van der Waals surface area contributed by atoms with Gasteiger partial charge in [0.25, 0.3) is 5.91 Å². The van der Waals surface area contributed by atoms with Gasteiger partial charge in [0.2, 0.25) is 0 Å². The van der Waals surface area contributed by atoms with Crippen molar-refractivity contribution in [2.75, 3.05) is 0 Å². The molecule has 3 heteroatoms. The Balaban J connectivity index is 1.47. The zero-order chi connectivity index (χ0) is 16.9. The minimum Gasteiger partial charge on any atom is -0.348 e. The fraction of sp³-hybridized carbons (Fsp3) is 0.762. The largest absolute Gasteiger partial charge is 0.348 e. The van der Waals surface area contributed by atoms with Crippen LogP contribution < -0.4 is 5.32 Å². The van der Waals surface area contributed by atoms with Crippen molar-refractivity contribution < 1.29 is 4.79 Å². The van der Waals surface area contributed by atoms with E-state index in [9.17, 15) is 4.79 Å². The van der Waals surface area contributed by atoms with Crippen molar-refractivity contribution in [2.24, 2.45) is 23.2 Å². The maximum atomic E-state index is 12.8. The number of amides is 1. The smallest absolute Gasteiger partial charge is 0.261 e. The first-order valence-corrected chi connectivity index (χ1v) is 10.7. The van der Waals surface area contributed by atoms with E-state index in [4.69, 9.17) is 0 Å². The highest BCUT2D eigenvalue weighted by atomic mass is 32.1. The van der Waals surface area contributed by atoms with Crippen LogP contribution in [0, 0.1) is 30.1 Å². The van der Waals surface area contributed by atoms with Crippen LogP contribution >= 0.6 is 11.3 Å². The summed E-state index contributed by atoms with van der Waals surface area (Å²) in [5.74, 6) is 2.98. The number of carbonyl (C=O) groups excluding carboxylic acids is 1. The van der Waals surface area contributed by atoms with Crippen molar-refractivity contribution in [2.45, 2.75) is 78.2 Å². The summed E-state index contributed by atoms with van der Waals surface area (Å²) in [5.41, 5.74) is 1.75. The summed E-state index contributed by atoms with van der Waals surface area (Å²) in [6.07, 6.45) is 10.7. The summed E-state index contributed by atoms with van der Waals surface area (Å²) in [6, 6.07) is 2.45. The van der Waals surface area contributed by atoms with E-state index in [1.165, 1.54) is 49.0 Å². The van der Waals surface area contributed by atoms with Gasteiger partial charge in [-0.05, 0) is 93.6 Å². The first kappa shape index (κ1) is 16.6. The third kappa shape index (κ3) is 2.83. The second-order valence-corrected chi connectivity index (χ2v) is 10.2. The minimum absolute atomic E-state index is 0.161. The highest BCUT2D eigenvalue weighted by Crippen LogP contribution is 2.61. The Labute approximate surface area is 150 Å². The van der Waals surface area contributed by atoms with Crippen molar-refractivity contribution in [3.63, 3.8) is 0 Å². The topological polar surface area (TPSA) is 29.1 Å². The second-order valence-electron chi connectivity index (χ2n) is 8.92. The molecule has 4 bridgehead atoms. The van der Waals surface area contributed by atoms with E-state index in [0.717, 1.165) is 35.5 Å². The zero-order valence-electron chi connectivity index (χ0n) is 15.4. The molecule has 4 fully saturated rings. The van der Waals surface area contributed by atoms with Gasteiger partial charge in [-0.15, -0.1) is 11.3 Å². The highest BCUT2D eigenvalue weighted by molar-refractivity contribution is 7.14. The van der Waals surface area contributed by atoms with Crippen LogP contribution in [0.3, 0.4) is 0 Å². The predicted octanol–water partition coefficient (Wildman–Crippen LogP) is 5.34. The number of hydrogen-bond donors (Lipinski definition) is 1. The number of aryl methyl sites for hydroxylation is 2. The molecule has 1 heterocycles. The Bertz CT molecular complexity index is 596. The Morgan fingerprint density at radius 3 is 2.38 bits per heavy atom. The molecule has 1 N–H and O–H groups in total. The molecule has 4 saturated carbocycles. The third-order valence-electron chi connectivity index (χ3n) is 7.12. The number of nitrogens with one attached hydrogen (secondary N) is 1. The summed E-state index contributed by atoms with van der Waals surface area (Å²) < 4.78 is 0. The maximum absolute atomic E-state index is 12.8. The van der Waals surface area contributed by atoms with E-state index in [0.29, 0.717) is 11.5 Å². The van der Waals surface area contributed by atoms with Crippen molar-refractivity contribution >= 4 is 17.2 Å².